The third-order valence-corrected chi connectivity index (χ3v) is 18.7. The molecule has 4 aromatic carbocycles. The highest BCUT2D eigenvalue weighted by Gasteiger charge is 2.66. The third-order valence-electron chi connectivity index (χ3n) is 18.7. The molecule has 426 valence electrons. The second-order valence-corrected chi connectivity index (χ2v) is 25.4. The molecule has 0 aromatic heterocycles. The molecule has 0 aliphatic rings. The van der Waals surface area contributed by atoms with Gasteiger partial charge in [0.15, 0.2) is 0 Å². The van der Waals surface area contributed by atoms with Crippen LogP contribution in [0.4, 0.5) is 0 Å². The first-order valence-corrected chi connectivity index (χ1v) is 33.6. The summed E-state index contributed by atoms with van der Waals surface area (Å²) in [5.41, 5.74) is 5.75. The molecular weight excluding hydrogens is 913 g/mol. The van der Waals surface area contributed by atoms with Gasteiger partial charge in [0.05, 0.1) is 0 Å². The Morgan fingerprint density at radius 1 is 0.263 bits per heavy atom. The maximum Gasteiger partial charge on any atom is 0.0308 e. The van der Waals surface area contributed by atoms with Crippen molar-refractivity contribution in [1.82, 2.24) is 0 Å². The van der Waals surface area contributed by atoms with Gasteiger partial charge in [0.2, 0.25) is 0 Å². The van der Waals surface area contributed by atoms with E-state index in [1.807, 2.05) is 0 Å². The lowest BCUT2D eigenvalue weighted by atomic mass is 9.37. The summed E-state index contributed by atoms with van der Waals surface area (Å²) in [7, 11) is 0. The summed E-state index contributed by atoms with van der Waals surface area (Å²) < 4.78 is 0. The van der Waals surface area contributed by atoms with Crippen molar-refractivity contribution in [3.8, 4) is 0 Å². The molecule has 0 spiro atoms. The maximum atomic E-state index is 2.69. The van der Waals surface area contributed by atoms with Gasteiger partial charge in [-0.3, -0.25) is 0 Å². The van der Waals surface area contributed by atoms with E-state index in [0.29, 0.717) is 5.92 Å². The molecule has 0 aliphatic carbocycles. The average Bonchev–Trinajstić information content (AvgIpc) is 3.55. The lowest BCUT2D eigenvalue weighted by molar-refractivity contribution is 0.0253. The summed E-state index contributed by atoms with van der Waals surface area (Å²) in [4.78, 5) is 0. The molecule has 0 nitrogen and oxygen atoms in total. The van der Waals surface area contributed by atoms with Crippen LogP contribution in [-0.2, 0) is 16.2 Å². The first kappa shape index (κ1) is 65.4. The van der Waals surface area contributed by atoms with E-state index in [1.54, 1.807) is 22.3 Å². The van der Waals surface area contributed by atoms with E-state index >= 15 is 0 Å². The minimum absolute atomic E-state index is 0.123. The molecule has 3 atom stereocenters. The Labute approximate surface area is 474 Å². The van der Waals surface area contributed by atoms with Crippen LogP contribution in [0.2, 0.25) is 0 Å². The third kappa shape index (κ3) is 21.2. The molecule has 4 rings (SSSR count). The molecule has 4 aromatic rings. The summed E-state index contributed by atoms with van der Waals surface area (Å²) in [5, 5.41) is 0. The van der Waals surface area contributed by atoms with Gasteiger partial charge in [0, 0.05) is 16.2 Å². The molecule has 0 saturated carbocycles. The molecule has 76 heavy (non-hydrogen) atoms. The lowest BCUT2D eigenvalue weighted by Gasteiger charge is -2.65. The predicted octanol–water partition coefficient (Wildman–Crippen LogP) is 25.1. The summed E-state index contributed by atoms with van der Waals surface area (Å²) >= 11 is 0. The van der Waals surface area contributed by atoms with Crippen LogP contribution in [0.25, 0.3) is 0 Å². The summed E-state index contributed by atoms with van der Waals surface area (Å²) in [6.07, 6.45) is 52.3. The van der Waals surface area contributed by atoms with Crippen LogP contribution in [-0.4, -0.2) is 0 Å². The predicted molar refractivity (Wildman–Crippen MR) is 340 cm³/mol. The van der Waals surface area contributed by atoms with Crippen LogP contribution in [0.3, 0.4) is 0 Å². The number of rotatable bonds is 48. The monoisotopic (exact) mass is 1030 g/mol. The Balaban J connectivity index is 2.15. The Morgan fingerprint density at radius 3 is 0.895 bits per heavy atom. The van der Waals surface area contributed by atoms with Crippen LogP contribution >= 0.6 is 0 Å². The zero-order chi connectivity index (χ0) is 54.3. The average molecular weight is 1040 g/mol. The normalized spacial score (nSPS) is 14.1. The Morgan fingerprint density at radius 2 is 0.539 bits per heavy atom. The number of benzene rings is 4. The van der Waals surface area contributed by atoms with Crippen molar-refractivity contribution in [2.45, 2.75) is 315 Å². The van der Waals surface area contributed by atoms with E-state index in [-0.39, 0.29) is 16.2 Å². The second kappa shape index (κ2) is 40.1. The quantitative estimate of drug-likeness (QED) is 0.0387. The SMILES string of the molecule is CCCCCCCCCCCC(c1ccccc1)(c1ccccc1)C(CCCCCCCC(C)C)(c1ccccc1)C(CCCCCCCCCC)(c1ccccc1)C(CCCCCCCC)CCCCCCC(C)C. The van der Waals surface area contributed by atoms with Crippen LogP contribution in [0, 0.1) is 17.8 Å². The molecule has 0 aliphatic heterocycles. The molecule has 0 heteroatoms. The van der Waals surface area contributed by atoms with Crippen molar-refractivity contribution >= 4 is 0 Å². The van der Waals surface area contributed by atoms with Crippen LogP contribution in [0.1, 0.15) is 321 Å². The van der Waals surface area contributed by atoms with Gasteiger partial charge in [0.1, 0.15) is 0 Å². The first-order valence-electron chi connectivity index (χ1n) is 33.6. The van der Waals surface area contributed by atoms with E-state index in [9.17, 15) is 0 Å². The summed E-state index contributed by atoms with van der Waals surface area (Å²) in [6.45, 7) is 16.8. The largest absolute Gasteiger partial charge is 0.0654 e. The van der Waals surface area contributed by atoms with Crippen LogP contribution in [0.5, 0.6) is 0 Å². The van der Waals surface area contributed by atoms with Gasteiger partial charge in [-0.2, -0.15) is 0 Å². The Bertz CT molecular complexity index is 1850. The van der Waals surface area contributed by atoms with Gasteiger partial charge in [0.25, 0.3) is 0 Å². The van der Waals surface area contributed by atoms with Crippen molar-refractivity contribution in [2.75, 3.05) is 0 Å². The molecule has 0 radical (unpaired) electrons. The number of unbranched alkanes of at least 4 members (excludes halogenated alkanes) is 27. The number of hydrogen-bond donors (Lipinski definition) is 0. The highest BCUT2D eigenvalue weighted by Crippen LogP contribution is 2.68. The van der Waals surface area contributed by atoms with E-state index in [0.717, 1.165) is 11.8 Å². The van der Waals surface area contributed by atoms with Gasteiger partial charge < -0.3 is 0 Å². The van der Waals surface area contributed by atoms with Gasteiger partial charge >= 0.3 is 0 Å². The van der Waals surface area contributed by atoms with Gasteiger partial charge in [-0.15, -0.1) is 0 Å². The molecule has 0 amide bonds. The van der Waals surface area contributed by atoms with Gasteiger partial charge in [-0.05, 0) is 72.1 Å². The molecule has 0 fully saturated rings. The highest BCUT2D eigenvalue weighted by molar-refractivity contribution is 5.55. The van der Waals surface area contributed by atoms with E-state index in [2.05, 4.69) is 170 Å². The maximum absolute atomic E-state index is 2.69. The van der Waals surface area contributed by atoms with E-state index in [4.69, 9.17) is 0 Å². The molecule has 0 heterocycles. The fraction of sp³-hybridized carbons (Fsp3) is 0.684. The fourth-order valence-electron chi connectivity index (χ4n) is 14.7. The van der Waals surface area contributed by atoms with Crippen molar-refractivity contribution in [2.24, 2.45) is 17.8 Å². The van der Waals surface area contributed by atoms with E-state index < -0.39 is 0 Å². The Kier molecular flexibility index (Phi) is 34.5. The van der Waals surface area contributed by atoms with Crippen molar-refractivity contribution < 1.29 is 0 Å². The Hall–Kier alpha value is -3.12. The highest BCUT2D eigenvalue weighted by atomic mass is 14.7. The fourth-order valence-corrected chi connectivity index (χ4v) is 14.7. The van der Waals surface area contributed by atoms with E-state index in [1.165, 1.54) is 250 Å². The number of hydrogen-bond acceptors (Lipinski definition) is 0. The second-order valence-electron chi connectivity index (χ2n) is 25.4. The zero-order valence-electron chi connectivity index (χ0n) is 51.4. The lowest BCUT2D eigenvalue weighted by Crippen LogP contribution is -2.65. The molecular formula is C76H122. The van der Waals surface area contributed by atoms with Crippen molar-refractivity contribution in [3.63, 3.8) is 0 Å². The van der Waals surface area contributed by atoms with Crippen LogP contribution in [0.15, 0.2) is 121 Å². The first-order chi connectivity index (χ1) is 37.3. The molecule has 0 N–H and O–H groups in total. The minimum Gasteiger partial charge on any atom is -0.0654 e. The van der Waals surface area contributed by atoms with Gasteiger partial charge in [-0.25, -0.2) is 0 Å². The molecule has 3 unspecified atom stereocenters. The molecule has 0 saturated heterocycles. The van der Waals surface area contributed by atoms with Gasteiger partial charge in [-0.1, -0.05) is 388 Å². The molecule has 0 bridgehead atoms. The summed E-state index contributed by atoms with van der Waals surface area (Å²) in [5.74, 6) is 2.12. The topological polar surface area (TPSA) is 0 Å². The minimum atomic E-state index is -0.276. The van der Waals surface area contributed by atoms with Crippen molar-refractivity contribution in [1.29, 1.82) is 0 Å². The standard InChI is InChI=1S/C76H122/c1-8-11-14-17-20-22-24-31-50-65-75(71-58-43-34-44-59-71,72-60-45-35-46-61-72)76(73-62-47-36-48-63-73,66-51-32-25-26-37-52-67(4)5)74(70-56-41-33-42-57-70,64-49-30-23-21-18-15-12-9-2)69(54-39-27-19-16-13-10-3)55-40-29-28-38-53-68(6)7/h33-36,41-48,56-63,67-69H,8-32,37-40,49-55,64-66H2,1-7H3. The smallest absolute Gasteiger partial charge is 0.0308 e. The summed E-state index contributed by atoms with van der Waals surface area (Å²) in [6, 6.07) is 50.0. The van der Waals surface area contributed by atoms with Crippen molar-refractivity contribution in [3.05, 3.63) is 144 Å². The zero-order valence-corrected chi connectivity index (χ0v) is 51.4. The van der Waals surface area contributed by atoms with Crippen LogP contribution < -0.4 is 0 Å².